The molecule has 1 unspecified atom stereocenters. The van der Waals surface area contributed by atoms with Crippen molar-refractivity contribution < 1.29 is 19.4 Å². The number of methoxy groups -OCH3 is 1. The molecule has 2 saturated heterocycles. The predicted molar refractivity (Wildman–Crippen MR) is 202 cm³/mol. The molecule has 2 aliphatic heterocycles. The molecule has 13 heteroatoms. The van der Waals surface area contributed by atoms with Crippen LogP contribution in [0.2, 0.25) is 10.0 Å². The molecule has 0 aliphatic carbocycles. The Balaban J connectivity index is 1.13. The van der Waals surface area contributed by atoms with Crippen LogP contribution in [0.1, 0.15) is 36.1 Å². The highest BCUT2D eigenvalue weighted by Gasteiger charge is 2.24. The number of aromatic nitrogens is 3. The number of ether oxygens (including phenoxy) is 2. The van der Waals surface area contributed by atoms with Crippen molar-refractivity contribution in [3.05, 3.63) is 104 Å². The second-order valence-electron chi connectivity index (χ2n) is 13.2. The van der Waals surface area contributed by atoms with Gasteiger partial charge in [0.25, 0.3) is 5.56 Å². The van der Waals surface area contributed by atoms with E-state index >= 15 is 0 Å². The van der Waals surface area contributed by atoms with Gasteiger partial charge in [-0.15, -0.1) is 0 Å². The minimum Gasteiger partial charge on any atom is -0.481 e. The molecule has 52 heavy (non-hydrogen) atoms. The Morgan fingerprint density at radius 3 is 2.46 bits per heavy atom. The molecule has 1 amide bonds. The van der Waals surface area contributed by atoms with E-state index in [4.69, 9.17) is 42.6 Å². The Morgan fingerprint density at radius 2 is 1.73 bits per heavy atom. The Morgan fingerprint density at radius 1 is 0.981 bits per heavy atom. The van der Waals surface area contributed by atoms with Crippen molar-refractivity contribution in [3.63, 3.8) is 0 Å². The first kappa shape index (κ1) is 36.0. The van der Waals surface area contributed by atoms with Gasteiger partial charge in [-0.3, -0.25) is 14.0 Å². The molecule has 270 valence electrons. The quantitative estimate of drug-likeness (QED) is 0.142. The van der Waals surface area contributed by atoms with Crippen LogP contribution in [0, 0.1) is 6.92 Å². The second kappa shape index (κ2) is 15.7. The molecule has 7 rings (SSSR count). The van der Waals surface area contributed by atoms with Crippen molar-refractivity contribution in [2.24, 2.45) is 0 Å². The lowest BCUT2D eigenvalue weighted by molar-refractivity contribution is -0.119. The minimum absolute atomic E-state index is 0.0917. The molecule has 5 heterocycles. The van der Waals surface area contributed by atoms with Crippen molar-refractivity contribution in [1.82, 2.24) is 30.3 Å². The smallest absolute Gasteiger partial charge is 0.262 e. The van der Waals surface area contributed by atoms with Crippen LogP contribution in [0.3, 0.4) is 0 Å². The van der Waals surface area contributed by atoms with Gasteiger partial charge in [-0.2, -0.15) is 0 Å². The van der Waals surface area contributed by atoms with Crippen LogP contribution in [0.15, 0.2) is 71.7 Å². The monoisotopic (exact) mass is 742 g/mol. The van der Waals surface area contributed by atoms with Crippen molar-refractivity contribution in [1.29, 1.82) is 0 Å². The number of amides is 1. The van der Waals surface area contributed by atoms with E-state index in [1.165, 1.54) is 4.40 Å². The summed E-state index contributed by atoms with van der Waals surface area (Å²) in [4.78, 5) is 34.6. The number of halogens is 2. The number of aryl methyl sites for hydroxylation is 1. The summed E-state index contributed by atoms with van der Waals surface area (Å²) >= 11 is 14.2. The first-order chi connectivity index (χ1) is 25.2. The third-order valence-corrected chi connectivity index (χ3v) is 10.6. The molecule has 0 radical (unpaired) electrons. The number of carbonyl (C=O) groups is 1. The number of pyridine rings is 2. The largest absolute Gasteiger partial charge is 0.481 e. The van der Waals surface area contributed by atoms with Crippen molar-refractivity contribution >= 4 is 34.8 Å². The van der Waals surface area contributed by atoms with Crippen LogP contribution in [0.4, 0.5) is 0 Å². The lowest BCUT2D eigenvalue weighted by atomic mass is 9.97. The summed E-state index contributed by atoms with van der Waals surface area (Å²) in [5.74, 6) is 0.580. The first-order valence-electron chi connectivity index (χ1n) is 17.3. The molecule has 11 nitrogen and oxygen atoms in total. The number of aliphatic hydroxyl groups excluding tert-OH is 1. The van der Waals surface area contributed by atoms with Gasteiger partial charge in [0.2, 0.25) is 11.8 Å². The zero-order chi connectivity index (χ0) is 36.4. The summed E-state index contributed by atoms with van der Waals surface area (Å²) in [5.41, 5.74) is 6.83. The zero-order valence-electron chi connectivity index (χ0n) is 28.9. The Kier molecular flexibility index (Phi) is 10.9. The molecule has 0 bridgehead atoms. The zero-order valence-corrected chi connectivity index (χ0v) is 30.4. The topological polar surface area (TPSA) is 139 Å². The van der Waals surface area contributed by atoms with Gasteiger partial charge >= 0.3 is 0 Å². The molecule has 2 fully saturated rings. The fourth-order valence-electron chi connectivity index (χ4n) is 6.89. The van der Waals surface area contributed by atoms with Crippen molar-refractivity contribution in [2.75, 3.05) is 26.9 Å². The van der Waals surface area contributed by atoms with E-state index < -0.39 is 6.10 Å². The molecular formula is C39H40Cl2N6O5. The third kappa shape index (κ3) is 7.43. The highest BCUT2D eigenvalue weighted by Crippen LogP contribution is 2.42. The number of carbonyl (C=O) groups excluding carboxylic acids is 1. The Bertz CT molecular complexity index is 2190. The number of rotatable bonds is 11. The summed E-state index contributed by atoms with van der Waals surface area (Å²) in [6.45, 7) is 4.17. The molecule has 3 atom stereocenters. The highest BCUT2D eigenvalue weighted by molar-refractivity contribution is 6.39. The van der Waals surface area contributed by atoms with Gasteiger partial charge in [0.15, 0.2) is 0 Å². The molecule has 2 aliphatic rings. The predicted octanol–water partition coefficient (Wildman–Crippen LogP) is 5.32. The Labute approximate surface area is 311 Å². The van der Waals surface area contributed by atoms with E-state index in [1.54, 1.807) is 13.3 Å². The highest BCUT2D eigenvalue weighted by atomic mass is 35.5. The molecule has 4 N–H and O–H groups in total. The maximum Gasteiger partial charge on any atom is 0.262 e. The summed E-state index contributed by atoms with van der Waals surface area (Å²) in [6, 6.07) is 19.1. The minimum atomic E-state index is -0.620. The van der Waals surface area contributed by atoms with E-state index in [-0.39, 0.29) is 30.2 Å². The normalized spacial score (nSPS) is 18.9. The summed E-state index contributed by atoms with van der Waals surface area (Å²) in [5, 5.41) is 20.9. The van der Waals surface area contributed by atoms with Crippen molar-refractivity contribution in [2.45, 2.75) is 57.5 Å². The van der Waals surface area contributed by atoms with Crippen LogP contribution < -0.4 is 26.2 Å². The number of nitrogens with one attached hydrogen (secondary N) is 3. The van der Waals surface area contributed by atoms with E-state index in [9.17, 15) is 14.7 Å². The lowest BCUT2D eigenvalue weighted by Gasteiger charge is -2.28. The fraction of sp³-hybridized carbons (Fsp3) is 0.333. The number of hydrogen-bond acceptors (Lipinski definition) is 9. The Hall–Kier alpha value is -4.36. The maximum atomic E-state index is 13.5. The van der Waals surface area contributed by atoms with Gasteiger partial charge in [0.05, 0.1) is 41.1 Å². The van der Waals surface area contributed by atoms with E-state index in [0.29, 0.717) is 77.6 Å². The van der Waals surface area contributed by atoms with E-state index in [2.05, 4.69) is 16.0 Å². The summed E-state index contributed by atoms with van der Waals surface area (Å²) in [6.07, 6.45) is 3.16. The van der Waals surface area contributed by atoms with Crippen LogP contribution in [0.25, 0.3) is 39.2 Å². The average Bonchev–Trinajstić information content (AvgIpc) is 3.57. The fourth-order valence-corrected chi connectivity index (χ4v) is 7.55. The van der Waals surface area contributed by atoms with E-state index in [1.807, 2.05) is 67.6 Å². The molecule has 0 saturated carbocycles. The van der Waals surface area contributed by atoms with Crippen LogP contribution in [-0.2, 0) is 22.6 Å². The second-order valence-corrected chi connectivity index (χ2v) is 13.9. The van der Waals surface area contributed by atoms with Crippen molar-refractivity contribution in [3.8, 4) is 39.4 Å². The standard InChI is InChI=1S/C39H40Cl2N6O5/c1-22-30(20-43-32-14-16-52-21-33(32)48)39(50)47-15-13-23(17-34(47)44-22)26-5-3-6-27(36(26)40)28-7-4-8-29(37(28)41)31-11-9-24(38(46-31)51-2)18-42-19-25-10-12-35(49)45-25/h3-9,11,13,15,17,25,32-33,42-43,48H,10,12,14,16,18-21H2,1-2H3,(H,45,49)/t25?,32-,33+/m1/s1. The van der Waals surface area contributed by atoms with Gasteiger partial charge < -0.3 is 30.5 Å². The molecule has 0 spiro atoms. The molecule has 5 aromatic rings. The van der Waals surface area contributed by atoms with Gasteiger partial charge in [-0.05, 0) is 43.5 Å². The lowest BCUT2D eigenvalue weighted by Crippen LogP contribution is -2.46. The molecule has 2 aromatic carbocycles. The van der Waals surface area contributed by atoms with Gasteiger partial charge in [-0.25, -0.2) is 9.97 Å². The van der Waals surface area contributed by atoms with Crippen LogP contribution in [0.5, 0.6) is 5.88 Å². The number of fused-ring (bicyclic) bond motifs is 1. The van der Waals surface area contributed by atoms with Crippen LogP contribution in [-0.4, -0.2) is 70.4 Å². The molecule has 3 aromatic heterocycles. The third-order valence-electron chi connectivity index (χ3n) is 9.80. The van der Waals surface area contributed by atoms with E-state index in [0.717, 1.165) is 39.8 Å². The maximum absolute atomic E-state index is 13.5. The summed E-state index contributed by atoms with van der Waals surface area (Å²) in [7, 11) is 1.59. The average molecular weight is 744 g/mol. The van der Waals surface area contributed by atoms with Gasteiger partial charge in [0, 0.05) is 84.5 Å². The van der Waals surface area contributed by atoms with Crippen LogP contribution >= 0.6 is 23.2 Å². The number of aliphatic hydroxyl groups is 1. The number of hydrogen-bond donors (Lipinski definition) is 4. The molecular weight excluding hydrogens is 703 g/mol. The number of nitrogens with zero attached hydrogens (tertiary/aromatic N) is 3. The number of benzene rings is 2. The van der Waals surface area contributed by atoms with Gasteiger partial charge in [0.1, 0.15) is 5.65 Å². The summed E-state index contributed by atoms with van der Waals surface area (Å²) < 4.78 is 12.5. The SMILES string of the molecule is COc1nc(-c2cccc(-c3cccc(-c4ccn5c(=O)c(CN[C@@H]6CCOC[C@@H]6O)c(C)nc5c4)c3Cl)c2Cl)ccc1CNCC1CCC(=O)N1. The first-order valence-corrected chi connectivity index (χ1v) is 18.1. The van der Waals surface area contributed by atoms with Gasteiger partial charge in [-0.1, -0.05) is 65.7 Å².